The number of hydrogen-bond donors (Lipinski definition) is 2. The molecule has 30 heavy (non-hydrogen) atoms. The molecule has 10 heteroatoms. The van der Waals surface area contributed by atoms with Gasteiger partial charge in [0.2, 0.25) is 0 Å². The third-order valence-corrected chi connectivity index (χ3v) is 4.64. The maximum absolute atomic E-state index is 12.8. The number of nitrogen functional groups attached to an aromatic ring is 1. The molecule has 0 unspecified atom stereocenters. The van der Waals surface area contributed by atoms with Gasteiger partial charge in [-0.1, -0.05) is 24.3 Å². The van der Waals surface area contributed by atoms with E-state index < -0.39 is 0 Å². The number of esters is 1. The third-order valence-electron chi connectivity index (χ3n) is 4.64. The van der Waals surface area contributed by atoms with Gasteiger partial charge in [0, 0.05) is 31.1 Å². The quantitative estimate of drug-likeness (QED) is 0.243. The molecule has 0 aliphatic rings. The van der Waals surface area contributed by atoms with Gasteiger partial charge >= 0.3 is 5.97 Å². The molecule has 0 aliphatic carbocycles. The summed E-state index contributed by atoms with van der Waals surface area (Å²) in [5, 5.41) is 7.48. The molecular weight excluding hydrogens is 408 g/mol. The number of rotatable bonds is 8. The second-order valence-corrected chi connectivity index (χ2v) is 6.66. The minimum atomic E-state index is -0.224. The lowest BCUT2D eigenvalue weighted by molar-refractivity contribution is -0.143. The summed E-state index contributed by atoms with van der Waals surface area (Å²) in [7, 11) is 1.81. The molecule has 3 rings (SSSR count). The van der Waals surface area contributed by atoms with Crippen LogP contribution in [0.25, 0.3) is 22.6 Å². The molecule has 0 aliphatic heterocycles. The summed E-state index contributed by atoms with van der Waals surface area (Å²) < 4.78 is 8.19. The number of hydrogen-bond acceptors (Lipinski definition) is 6. The van der Waals surface area contributed by atoms with E-state index in [4.69, 9.17) is 15.9 Å². The lowest BCUT2D eigenvalue weighted by Crippen LogP contribution is -2.21. The maximum Gasteiger partial charge on any atom is 0.305 e. The van der Waals surface area contributed by atoms with E-state index in [0.717, 1.165) is 5.56 Å². The highest BCUT2D eigenvalue weighted by atomic mass is 35.5. The predicted octanol–water partition coefficient (Wildman–Crippen LogP) is 2.24. The van der Waals surface area contributed by atoms with Crippen molar-refractivity contribution in [3.8, 4) is 11.4 Å². The van der Waals surface area contributed by atoms with Gasteiger partial charge in [-0.3, -0.25) is 19.6 Å². The molecule has 160 valence electrons. The molecule has 0 bridgehead atoms. The average Bonchev–Trinajstić information content (AvgIpc) is 3.04. The van der Waals surface area contributed by atoms with Crippen LogP contribution in [0, 0.1) is 5.41 Å². The van der Waals surface area contributed by atoms with Crippen molar-refractivity contribution in [3.63, 3.8) is 0 Å². The molecule has 0 saturated heterocycles. The summed E-state index contributed by atoms with van der Waals surface area (Å²) in [5.41, 5.74) is 7.50. The number of nitrogens with zero attached hydrogens (tertiary/aromatic N) is 4. The molecule has 3 N–H and O–H groups in total. The van der Waals surface area contributed by atoms with Crippen molar-refractivity contribution < 1.29 is 9.53 Å². The van der Waals surface area contributed by atoms with Crippen LogP contribution in [-0.2, 0) is 23.1 Å². The summed E-state index contributed by atoms with van der Waals surface area (Å²) in [5.74, 6) is 0.382. The molecule has 0 amide bonds. The Hall–Kier alpha value is -3.20. The molecule has 0 radical (unpaired) electrons. The number of benzene rings is 1. The highest BCUT2D eigenvalue weighted by molar-refractivity contribution is 5.95. The second-order valence-electron chi connectivity index (χ2n) is 6.66. The van der Waals surface area contributed by atoms with Crippen LogP contribution in [0.1, 0.15) is 31.7 Å². The van der Waals surface area contributed by atoms with Crippen molar-refractivity contribution in [1.82, 2.24) is 19.1 Å². The van der Waals surface area contributed by atoms with Gasteiger partial charge in [-0.05, 0) is 19.8 Å². The van der Waals surface area contributed by atoms with Crippen LogP contribution in [0.15, 0.2) is 35.4 Å². The van der Waals surface area contributed by atoms with Crippen LogP contribution in [-0.4, -0.2) is 37.5 Å². The smallest absolute Gasteiger partial charge is 0.305 e. The topological polar surface area (TPSA) is 129 Å². The number of nitrogens with two attached hydrogens (primary N) is 1. The SMILES string of the molecule is CCOC(=O)CCCCn1cnc2c(nc(-c3ccc(C(=N)N)cc3)n2C)c1=O.Cl. The van der Waals surface area contributed by atoms with E-state index in [1.54, 1.807) is 30.7 Å². The number of aromatic nitrogens is 4. The lowest BCUT2D eigenvalue weighted by Gasteiger charge is -2.05. The van der Waals surface area contributed by atoms with Crippen molar-refractivity contribution in [2.45, 2.75) is 32.7 Å². The monoisotopic (exact) mass is 432 g/mol. The number of halogens is 1. The Kier molecular flexibility index (Phi) is 7.71. The third kappa shape index (κ3) is 4.85. The van der Waals surface area contributed by atoms with Crippen LogP contribution in [0.4, 0.5) is 0 Å². The number of ether oxygens (including phenoxy) is 1. The molecule has 1 aromatic carbocycles. The number of nitrogens with one attached hydrogen (secondary N) is 1. The highest BCUT2D eigenvalue weighted by Crippen LogP contribution is 2.21. The summed E-state index contributed by atoms with van der Waals surface area (Å²) in [6, 6.07) is 7.11. The van der Waals surface area contributed by atoms with Crippen molar-refractivity contribution in [2.24, 2.45) is 12.8 Å². The predicted molar refractivity (Wildman–Crippen MR) is 117 cm³/mol. The molecule has 0 spiro atoms. The molecule has 3 aromatic rings. The molecule has 9 nitrogen and oxygen atoms in total. The number of carbonyl (C=O) groups excluding carboxylic acids is 1. The van der Waals surface area contributed by atoms with E-state index >= 15 is 0 Å². The van der Waals surface area contributed by atoms with E-state index in [1.165, 1.54) is 10.9 Å². The van der Waals surface area contributed by atoms with Gasteiger partial charge in [-0.25, -0.2) is 9.97 Å². The van der Waals surface area contributed by atoms with Crippen molar-refractivity contribution in [3.05, 3.63) is 46.5 Å². The fourth-order valence-corrected chi connectivity index (χ4v) is 3.10. The Morgan fingerprint density at radius 2 is 1.93 bits per heavy atom. The first kappa shape index (κ1) is 23.1. The minimum Gasteiger partial charge on any atom is -0.466 e. The Balaban J connectivity index is 0.00000320. The van der Waals surface area contributed by atoms with E-state index in [1.807, 2.05) is 12.1 Å². The zero-order valence-electron chi connectivity index (χ0n) is 16.9. The summed E-state index contributed by atoms with van der Waals surface area (Å²) in [4.78, 5) is 33.1. The Labute approximate surface area is 179 Å². The molecule has 0 atom stereocenters. The van der Waals surface area contributed by atoms with E-state index in [0.29, 0.717) is 55.0 Å². The molecule has 0 saturated carbocycles. The van der Waals surface area contributed by atoms with E-state index in [2.05, 4.69) is 9.97 Å². The number of fused-ring (bicyclic) bond motifs is 1. The normalized spacial score (nSPS) is 10.6. The van der Waals surface area contributed by atoms with Crippen molar-refractivity contribution in [2.75, 3.05) is 6.61 Å². The van der Waals surface area contributed by atoms with E-state index in [-0.39, 0.29) is 29.8 Å². The summed E-state index contributed by atoms with van der Waals surface area (Å²) >= 11 is 0. The molecular formula is C20H25ClN6O3. The van der Waals surface area contributed by atoms with Crippen LogP contribution >= 0.6 is 12.4 Å². The summed E-state index contributed by atoms with van der Waals surface area (Å²) in [6.07, 6.45) is 3.15. The van der Waals surface area contributed by atoms with Crippen molar-refractivity contribution in [1.29, 1.82) is 5.41 Å². The fraction of sp³-hybridized carbons (Fsp3) is 0.350. The van der Waals surface area contributed by atoms with Crippen LogP contribution < -0.4 is 11.3 Å². The van der Waals surface area contributed by atoms with Gasteiger partial charge in [0.15, 0.2) is 11.2 Å². The Bertz CT molecular complexity index is 1100. The Morgan fingerprint density at radius 1 is 1.23 bits per heavy atom. The highest BCUT2D eigenvalue weighted by Gasteiger charge is 2.15. The van der Waals surface area contributed by atoms with Crippen LogP contribution in [0.5, 0.6) is 0 Å². The van der Waals surface area contributed by atoms with Gasteiger partial charge in [0.05, 0.1) is 6.61 Å². The molecule has 0 fully saturated rings. The maximum atomic E-state index is 12.8. The molecule has 2 aromatic heterocycles. The van der Waals surface area contributed by atoms with Crippen LogP contribution in [0.3, 0.4) is 0 Å². The fourth-order valence-electron chi connectivity index (χ4n) is 3.10. The first-order valence-electron chi connectivity index (χ1n) is 9.44. The van der Waals surface area contributed by atoms with Gasteiger partial charge in [0.1, 0.15) is 18.0 Å². The number of unbranched alkanes of at least 4 members (excludes halogenated alkanes) is 1. The van der Waals surface area contributed by atoms with Gasteiger partial charge in [0.25, 0.3) is 5.56 Å². The van der Waals surface area contributed by atoms with Gasteiger partial charge in [-0.15, -0.1) is 12.4 Å². The number of carbonyl (C=O) groups is 1. The first-order valence-corrected chi connectivity index (χ1v) is 9.44. The van der Waals surface area contributed by atoms with Gasteiger partial charge < -0.3 is 15.0 Å². The zero-order chi connectivity index (χ0) is 21.0. The van der Waals surface area contributed by atoms with Gasteiger partial charge in [-0.2, -0.15) is 0 Å². The number of aryl methyl sites for hydroxylation is 2. The first-order chi connectivity index (χ1) is 13.9. The second kappa shape index (κ2) is 10.0. The minimum absolute atomic E-state index is 0. The standard InChI is InChI=1S/C20H24N6O3.ClH/c1-3-29-15(27)6-4-5-11-26-12-23-19-16(20(26)28)24-18(25(19)2)14-9-7-13(8-10-14)17(21)22;/h7-10,12H,3-6,11H2,1-2H3,(H3,21,22);1H. The van der Waals surface area contributed by atoms with Crippen molar-refractivity contribution >= 4 is 35.4 Å². The molecule has 2 heterocycles. The zero-order valence-corrected chi connectivity index (χ0v) is 17.7. The van der Waals surface area contributed by atoms with E-state index in [9.17, 15) is 9.59 Å². The van der Waals surface area contributed by atoms with Crippen LogP contribution in [0.2, 0.25) is 0 Å². The average molecular weight is 433 g/mol. The Morgan fingerprint density at radius 3 is 2.57 bits per heavy atom. The largest absolute Gasteiger partial charge is 0.466 e. The number of amidine groups is 1. The number of imidazole rings is 1. The summed E-state index contributed by atoms with van der Waals surface area (Å²) in [6.45, 7) is 2.61. The lowest BCUT2D eigenvalue weighted by atomic mass is 10.1.